The maximum Gasteiger partial charge on any atom is 0.239 e. The molecule has 2 amide bonds. The molecule has 0 aliphatic heterocycles. The molecule has 1 atom stereocenters. The first kappa shape index (κ1) is 19.3. The van der Waals surface area contributed by atoms with Crippen LogP contribution in [0.15, 0.2) is 54.6 Å². The third-order valence-corrected chi connectivity index (χ3v) is 3.81. The van der Waals surface area contributed by atoms with Crippen molar-refractivity contribution in [3.05, 3.63) is 60.2 Å². The molecule has 0 fully saturated rings. The number of nitrogens with two attached hydrogens (primary N) is 1. The van der Waals surface area contributed by atoms with Gasteiger partial charge in [-0.1, -0.05) is 54.6 Å². The number of amides is 2. The van der Waals surface area contributed by atoms with E-state index in [1.165, 1.54) is 6.92 Å². The van der Waals surface area contributed by atoms with Gasteiger partial charge in [-0.15, -0.1) is 0 Å². The summed E-state index contributed by atoms with van der Waals surface area (Å²) in [4.78, 5) is 34.3. The van der Waals surface area contributed by atoms with Crippen molar-refractivity contribution in [1.29, 1.82) is 0 Å². The zero-order chi connectivity index (χ0) is 18.9. The van der Waals surface area contributed by atoms with Gasteiger partial charge in [-0.25, -0.2) is 0 Å². The van der Waals surface area contributed by atoms with Gasteiger partial charge in [0.1, 0.15) is 5.78 Å². The summed E-state index contributed by atoms with van der Waals surface area (Å²) >= 11 is 0. The van der Waals surface area contributed by atoms with Crippen LogP contribution in [0.5, 0.6) is 0 Å². The third kappa shape index (κ3) is 6.14. The van der Waals surface area contributed by atoms with Gasteiger partial charge in [-0.3, -0.25) is 14.4 Å². The first-order valence-corrected chi connectivity index (χ1v) is 8.39. The largest absolute Gasteiger partial charge is 0.348 e. The number of carbonyl (C=O) groups is 3. The molecular weight excluding hydrogens is 330 g/mol. The molecule has 0 unspecified atom stereocenters. The maximum absolute atomic E-state index is 12.0. The normalized spacial score (nSPS) is 11.5. The molecule has 6 heteroatoms. The molecule has 6 nitrogen and oxygen atoms in total. The van der Waals surface area contributed by atoms with Crippen molar-refractivity contribution in [1.82, 2.24) is 10.6 Å². The van der Waals surface area contributed by atoms with Gasteiger partial charge < -0.3 is 16.4 Å². The van der Waals surface area contributed by atoms with Gasteiger partial charge in [0.05, 0.1) is 19.1 Å². The van der Waals surface area contributed by atoms with Gasteiger partial charge in [-0.2, -0.15) is 0 Å². The summed E-state index contributed by atoms with van der Waals surface area (Å²) in [5, 5.41) is 4.88. The van der Waals surface area contributed by atoms with Crippen LogP contribution in [0.4, 0.5) is 0 Å². The lowest BCUT2D eigenvalue weighted by atomic mass is 10.0. The molecule has 0 aliphatic carbocycles. The SMILES string of the molecule is CC(=O)CNC(=O)CNC(=O)[C@@H](N)Cc1ccc(-c2ccccc2)cc1. The highest BCUT2D eigenvalue weighted by Gasteiger charge is 2.15. The van der Waals surface area contributed by atoms with Crippen LogP contribution < -0.4 is 16.4 Å². The summed E-state index contributed by atoms with van der Waals surface area (Å²) in [5.41, 5.74) is 9.06. The number of benzene rings is 2. The molecule has 0 aromatic heterocycles. The average Bonchev–Trinajstić information content (AvgIpc) is 2.65. The van der Waals surface area contributed by atoms with Crippen LogP contribution in [0.25, 0.3) is 11.1 Å². The lowest BCUT2D eigenvalue weighted by molar-refractivity contribution is -0.127. The van der Waals surface area contributed by atoms with Crippen molar-refractivity contribution in [2.24, 2.45) is 5.73 Å². The molecule has 136 valence electrons. The Bertz CT molecular complexity index is 758. The van der Waals surface area contributed by atoms with Crippen molar-refractivity contribution in [3.63, 3.8) is 0 Å². The van der Waals surface area contributed by atoms with Crippen molar-refractivity contribution < 1.29 is 14.4 Å². The minimum absolute atomic E-state index is 0.0471. The molecule has 0 spiro atoms. The number of rotatable bonds is 8. The van der Waals surface area contributed by atoms with E-state index in [0.29, 0.717) is 6.42 Å². The highest BCUT2D eigenvalue weighted by Crippen LogP contribution is 2.19. The van der Waals surface area contributed by atoms with Crippen LogP contribution in [-0.4, -0.2) is 36.7 Å². The Morgan fingerprint density at radius 1 is 0.885 bits per heavy atom. The van der Waals surface area contributed by atoms with Crippen LogP contribution in [0.2, 0.25) is 0 Å². The van der Waals surface area contributed by atoms with Crippen molar-refractivity contribution >= 4 is 17.6 Å². The topological polar surface area (TPSA) is 101 Å². The summed E-state index contributed by atoms with van der Waals surface area (Å²) in [5.74, 6) is -0.983. The predicted octanol–water partition coefficient (Wildman–Crippen LogP) is 1.04. The fraction of sp³-hybridized carbons (Fsp3) is 0.250. The fourth-order valence-corrected chi connectivity index (χ4v) is 2.39. The van der Waals surface area contributed by atoms with E-state index in [1.807, 2.05) is 54.6 Å². The summed E-state index contributed by atoms with van der Waals surface area (Å²) < 4.78 is 0. The number of carbonyl (C=O) groups excluding carboxylic acids is 3. The van der Waals surface area contributed by atoms with Crippen molar-refractivity contribution in [2.75, 3.05) is 13.1 Å². The van der Waals surface area contributed by atoms with Gasteiger partial charge >= 0.3 is 0 Å². The number of nitrogens with one attached hydrogen (secondary N) is 2. The first-order valence-electron chi connectivity index (χ1n) is 8.39. The third-order valence-electron chi connectivity index (χ3n) is 3.81. The van der Waals surface area contributed by atoms with Crippen LogP contribution >= 0.6 is 0 Å². The lowest BCUT2D eigenvalue weighted by Crippen LogP contribution is -2.46. The van der Waals surface area contributed by atoms with Gasteiger partial charge in [-0.05, 0) is 30.0 Å². The van der Waals surface area contributed by atoms with Crippen molar-refractivity contribution in [2.45, 2.75) is 19.4 Å². The molecule has 4 N–H and O–H groups in total. The standard InChI is InChI=1S/C20H23N3O3/c1-14(24)12-22-19(25)13-23-20(26)18(21)11-15-7-9-17(10-8-15)16-5-3-2-4-6-16/h2-10,18H,11-13,21H2,1H3,(H,22,25)(H,23,26)/t18-/m0/s1. The Morgan fingerprint density at radius 2 is 1.50 bits per heavy atom. The second kappa shape index (κ2) is 9.48. The van der Waals surface area contributed by atoms with Crippen LogP contribution in [-0.2, 0) is 20.8 Å². The molecule has 0 saturated heterocycles. The van der Waals surface area contributed by atoms with Gasteiger partial charge in [0.25, 0.3) is 0 Å². The van der Waals surface area contributed by atoms with Gasteiger partial charge in [0, 0.05) is 0 Å². The van der Waals surface area contributed by atoms with Gasteiger partial charge in [0.2, 0.25) is 11.8 Å². The quantitative estimate of drug-likeness (QED) is 0.660. The molecule has 26 heavy (non-hydrogen) atoms. The fourth-order valence-electron chi connectivity index (χ4n) is 2.39. The lowest BCUT2D eigenvalue weighted by Gasteiger charge is -2.13. The van der Waals surface area contributed by atoms with E-state index in [4.69, 9.17) is 5.73 Å². The molecule has 0 heterocycles. The second-order valence-corrected chi connectivity index (χ2v) is 6.07. The maximum atomic E-state index is 12.0. The Hall–Kier alpha value is -2.99. The summed E-state index contributed by atoms with van der Waals surface area (Å²) in [6, 6.07) is 17.1. The highest BCUT2D eigenvalue weighted by molar-refractivity contribution is 5.89. The van der Waals surface area contributed by atoms with Crippen LogP contribution in [0.3, 0.4) is 0 Å². The summed E-state index contributed by atoms with van der Waals surface area (Å²) in [7, 11) is 0. The molecule has 0 bridgehead atoms. The summed E-state index contributed by atoms with van der Waals surface area (Å²) in [6.45, 7) is 1.12. The molecule has 2 aromatic carbocycles. The van der Waals surface area contributed by atoms with E-state index >= 15 is 0 Å². The number of hydrogen-bond donors (Lipinski definition) is 3. The Balaban J connectivity index is 1.83. The Kier molecular flexibility index (Phi) is 7.05. The minimum Gasteiger partial charge on any atom is -0.348 e. The number of ketones is 1. The zero-order valence-electron chi connectivity index (χ0n) is 14.7. The molecule has 2 aromatic rings. The molecule has 0 aliphatic rings. The Morgan fingerprint density at radius 3 is 2.12 bits per heavy atom. The highest BCUT2D eigenvalue weighted by atomic mass is 16.2. The number of Topliss-reactive ketones (excluding diaryl/α,β-unsaturated/α-hetero) is 1. The van der Waals surface area contributed by atoms with E-state index in [-0.39, 0.29) is 18.9 Å². The average molecular weight is 353 g/mol. The number of hydrogen-bond acceptors (Lipinski definition) is 4. The van der Waals surface area contributed by atoms with Crippen LogP contribution in [0.1, 0.15) is 12.5 Å². The monoisotopic (exact) mass is 353 g/mol. The summed E-state index contributed by atoms with van der Waals surface area (Å²) in [6.07, 6.45) is 0.371. The second-order valence-electron chi connectivity index (χ2n) is 6.07. The molecule has 0 radical (unpaired) electrons. The van der Waals surface area contributed by atoms with E-state index in [9.17, 15) is 14.4 Å². The smallest absolute Gasteiger partial charge is 0.239 e. The first-order chi connectivity index (χ1) is 12.5. The van der Waals surface area contributed by atoms with Crippen LogP contribution in [0, 0.1) is 0 Å². The predicted molar refractivity (Wildman–Crippen MR) is 100 cm³/mol. The molecule has 2 rings (SSSR count). The van der Waals surface area contributed by atoms with Gasteiger partial charge in [0.15, 0.2) is 0 Å². The van der Waals surface area contributed by atoms with E-state index in [1.54, 1.807) is 0 Å². The minimum atomic E-state index is -0.752. The molecular formula is C20H23N3O3. The van der Waals surface area contributed by atoms with E-state index in [2.05, 4.69) is 10.6 Å². The van der Waals surface area contributed by atoms with E-state index < -0.39 is 17.9 Å². The zero-order valence-corrected chi connectivity index (χ0v) is 14.7. The Labute approximate surface area is 152 Å². The molecule has 0 saturated carbocycles. The van der Waals surface area contributed by atoms with Crippen molar-refractivity contribution in [3.8, 4) is 11.1 Å². The van der Waals surface area contributed by atoms with E-state index in [0.717, 1.165) is 16.7 Å².